The first-order chi connectivity index (χ1) is 28.8. The van der Waals surface area contributed by atoms with Crippen molar-refractivity contribution in [2.24, 2.45) is 0 Å². The Bertz CT molecular complexity index is 3340. The van der Waals surface area contributed by atoms with Crippen LogP contribution in [0.25, 0.3) is 81.0 Å². The summed E-state index contributed by atoms with van der Waals surface area (Å²) in [7, 11) is 0. The Hall–Kier alpha value is -7.40. The maximum absolute atomic E-state index is 6.43. The van der Waals surface area contributed by atoms with Gasteiger partial charge in [0.15, 0.2) is 11.5 Å². The highest BCUT2D eigenvalue weighted by atomic mass is 32.1. The summed E-state index contributed by atoms with van der Waals surface area (Å²) in [5, 5.41) is 4.98. The topological polar surface area (TPSA) is 17.4 Å². The third-order valence-electron chi connectivity index (χ3n) is 11.6. The van der Waals surface area contributed by atoms with E-state index in [9.17, 15) is 0 Å². The summed E-state index contributed by atoms with van der Waals surface area (Å²) in [6.45, 7) is 0. The van der Waals surface area contributed by atoms with Gasteiger partial charge in [0.1, 0.15) is 0 Å². The lowest BCUT2D eigenvalue weighted by molar-refractivity contribution is 0.476. The normalized spacial score (nSPS) is 11.9. The molecule has 2 aromatic heterocycles. The molecule has 0 radical (unpaired) electrons. The van der Waals surface area contributed by atoms with Crippen LogP contribution in [-0.2, 0) is 0 Å². The van der Waals surface area contributed by atoms with Crippen molar-refractivity contribution in [2.75, 3.05) is 4.90 Å². The highest BCUT2D eigenvalue weighted by molar-refractivity contribution is 7.26. The Morgan fingerprint density at radius 3 is 1.67 bits per heavy atom. The molecule has 11 aromatic rings. The Morgan fingerprint density at radius 1 is 0.379 bits per heavy atom. The van der Waals surface area contributed by atoms with Gasteiger partial charge in [-0.2, -0.15) is 0 Å². The zero-order chi connectivity index (χ0) is 38.2. The van der Waals surface area contributed by atoms with Gasteiger partial charge in [0.2, 0.25) is 0 Å². The van der Waals surface area contributed by atoms with Gasteiger partial charge in [-0.05, 0) is 82.4 Å². The molecule has 0 amide bonds. The van der Waals surface area contributed by atoms with Crippen molar-refractivity contribution in [1.82, 2.24) is 4.57 Å². The molecule has 0 saturated carbocycles. The molecule has 58 heavy (non-hydrogen) atoms. The number of aromatic nitrogens is 1. The first-order valence-corrected chi connectivity index (χ1v) is 20.5. The number of nitrogens with zero attached hydrogens (tertiary/aromatic N) is 2. The van der Waals surface area contributed by atoms with Gasteiger partial charge in [0, 0.05) is 43.2 Å². The lowest BCUT2D eigenvalue weighted by Gasteiger charge is -2.26. The lowest BCUT2D eigenvalue weighted by atomic mass is 9.99. The Labute approximate surface area is 339 Å². The van der Waals surface area contributed by atoms with E-state index in [1.807, 2.05) is 17.4 Å². The number of benzene rings is 9. The maximum atomic E-state index is 6.43. The molecule has 0 fully saturated rings. The largest absolute Gasteiger partial charge is 0.453 e. The summed E-state index contributed by atoms with van der Waals surface area (Å²) in [4.78, 5) is 2.42. The molecule has 0 aliphatic carbocycles. The highest BCUT2D eigenvalue weighted by Crippen LogP contribution is 2.49. The Morgan fingerprint density at radius 2 is 0.914 bits per heavy atom. The van der Waals surface area contributed by atoms with Crippen LogP contribution in [0.4, 0.5) is 17.1 Å². The monoisotopic (exact) mass is 758 g/mol. The fourth-order valence-corrected chi connectivity index (χ4v) is 10.1. The average Bonchev–Trinajstić information content (AvgIpc) is 3.85. The maximum Gasteiger partial charge on any atom is 0.152 e. The predicted octanol–water partition coefficient (Wildman–Crippen LogP) is 15.7. The number of rotatable bonds is 6. The van der Waals surface area contributed by atoms with E-state index in [0.717, 1.165) is 39.6 Å². The first-order valence-electron chi connectivity index (χ1n) is 19.7. The fraction of sp³-hybridized carbons (Fsp3) is 0. The van der Waals surface area contributed by atoms with Gasteiger partial charge in [-0.3, -0.25) is 0 Å². The molecule has 0 atom stereocenters. The minimum Gasteiger partial charge on any atom is -0.453 e. The quantitative estimate of drug-likeness (QED) is 0.168. The third kappa shape index (κ3) is 5.12. The van der Waals surface area contributed by atoms with Crippen LogP contribution in [0, 0.1) is 0 Å². The number of hydrogen-bond acceptors (Lipinski definition) is 3. The van der Waals surface area contributed by atoms with Crippen molar-refractivity contribution < 1.29 is 4.74 Å². The number of para-hydroxylation sites is 4. The van der Waals surface area contributed by atoms with E-state index >= 15 is 0 Å². The van der Waals surface area contributed by atoms with Crippen LogP contribution in [0.3, 0.4) is 0 Å². The number of hydrogen-bond donors (Lipinski definition) is 0. The van der Waals surface area contributed by atoms with Crippen molar-refractivity contribution in [1.29, 1.82) is 0 Å². The summed E-state index contributed by atoms with van der Waals surface area (Å²) in [5.41, 5.74) is 13.9. The standard InChI is InChI=1S/C54H34N2OS/c1-2-11-35(12-3-1)36-23-25-37(26-24-36)38-27-31-40(32-28-38)55(48-19-9-17-46-43-13-4-7-22-51(43)58-54(46)48)41-33-29-39(30-34-41)42-14-8-15-44-45-16-10-21-50-53(45)56(52(42)44)47-18-5-6-20-49(47)57-50/h1-34H. The fourth-order valence-electron chi connectivity index (χ4n) is 8.90. The van der Waals surface area contributed by atoms with E-state index in [1.54, 1.807) is 0 Å². The zero-order valence-corrected chi connectivity index (χ0v) is 32.2. The van der Waals surface area contributed by atoms with Crippen LogP contribution < -0.4 is 9.64 Å². The van der Waals surface area contributed by atoms with Gasteiger partial charge in [0.05, 0.1) is 27.1 Å². The molecule has 3 nitrogen and oxygen atoms in total. The SMILES string of the molecule is c1ccc(-c2ccc(-c3ccc(N(c4ccc(-c5cccc6c7cccc8c7n(c56)-c5ccccc5O8)cc4)c4cccc5c4sc4ccccc45)cc3)cc2)cc1. The molecule has 0 unspecified atom stereocenters. The second-order valence-electron chi connectivity index (χ2n) is 14.9. The molecule has 9 aromatic carbocycles. The van der Waals surface area contributed by atoms with Crippen molar-refractivity contribution in [2.45, 2.75) is 0 Å². The summed E-state index contributed by atoms with van der Waals surface area (Å²) in [6, 6.07) is 74.4. The van der Waals surface area contributed by atoms with Crippen LogP contribution in [-0.4, -0.2) is 4.57 Å². The molecule has 1 aliphatic rings. The second kappa shape index (κ2) is 13.1. The minimum atomic E-state index is 0.867. The summed E-state index contributed by atoms with van der Waals surface area (Å²) >= 11 is 1.86. The van der Waals surface area contributed by atoms with E-state index < -0.39 is 0 Å². The highest BCUT2D eigenvalue weighted by Gasteiger charge is 2.25. The smallest absolute Gasteiger partial charge is 0.152 e. The van der Waals surface area contributed by atoms with Crippen molar-refractivity contribution in [3.63, 3.8) is 0 Å². The molecular weight excluding hydrogens is 725 g/mol. The minimum absolute atomic E-state index is 0.867. The Balaban J connectivity index is 0.987. The van der Waals surface area contributed by atoms with Crippen LogP contribution in [0.15, 0.2) is 206 Å². The summed E-state index contributed by atoms with van der Waals surface area (Å²) in [5.74, 6) is 1.75. The molecule has 0 bridgehead atoms. The molecule has 272 valence electrons. The molecule has 3 heterocycles. The first kappa shape index (κ1) is 32.8. The van der Waals surface area contributed by atoms with Crippen LogP contribution >= 0.6 is 11.3 Å². The van der Waals surface area contributed by atoms with Gasteiger partial charge < -0.3 is 14.2 Å². The molecule has 0 saturated heterocycles. The van der Waals surface area contributed by atoms with Gasteiger partial charge >= 0.3 is 0 Å². The van der Waals surface area contributed by atoms with Crippen molar-refractivity contribution in [3.8, 4) is 50.6 Å². The van der Waals surface area contributed by atoms with Crippen LogP contribution in [0.1, 0.15) is 0 Å². The van der Waals surface area contributed by atoms with E-state index in [4.69, 9.17) is 4.74 Å². The van der Waals surface area contributed by atoms with E-state index in [0.29, 0.717) is 0 Å². The number of ether oxygens (including phenoxy) is 1. The van der Waals surface area contributed by atoms with Crippen LogP contribution in [0.5, 0.6) is 11.5 Å². The summed E-state index contributed by atoms with van der Waals surface area (Å²) in [6.07, 6.45) is 0. The van der Waals surface area contributed by atoms with Gasteiger partial charge in [0.25, 0.3) is 0 Å². The zero-order valence-electron chi connectivity index (χ0n) is 31.3. The lowest BCUT2D eigenvalue weighted by Crippen LogP contribution is -2.10. The molecule has 0 N–H and O–H groups in total. The number of fused-ring (bicyclic) bond motifs is 8. The Kier molecular flexibility index (Phi) is 7.40. The number of thiophene rings is 1. The van der Waals surface area contributed by atoms with E-state index in [1.165, 1.54) is 70.0 Å². The molecule has 1 aliphatic heterocycles. The van der Waals surface area contributed by atoms with Gasteiger partial charge in [-0.15, -0.1) is 11.3 Å². The third-order valence-corrected chi connectivity index (χ3v) is 12.8. The predicted molar refractivity (Wildman–Crippen MR) is 245 cm³/mol. The molecule has 0 spiro atoms. The van der Waals surface area contributed by atoms with E-state index in [-0.39, 0.29) is 0 Å². The molecule has 4 heteroatoms. The number of anilines is 3. The van der Waals surface area contributed by atoms with Gasteiger partial charge in [-0.25, -0.2) is 0 Å². The molecule has 12 rings (SSSR count). The van der Waals surface area contributed by atoms with Crippen molar-refractivity contribution >= 4 is 70.4 Å². The average molecular weight is 759 g/mol. The van der Waals surface area contributed by atoms with Crippen molar-refractivity contribution in [3.05, 3.63) is 206 Å². The van der Waals surface area contributed by atoms with Gasteiger partial charge in [-0.1, -0.05) is 152 Å². The molecular formula is C54H34N2OS. The second-order valence-corrected chi connectivity index (χ2v) is 15.9. The van der Waals surface area contributed by atoms with Crippen LogP contribution in [0.2, 0.25) is 0 Å². The van der Waals surface area contributed by atoms with E-state index in [2.05, 4.69) is 210 Å². The summed E-state index contributed by atoms with van der Waals surface area (Å²) < 4.78 is 11.4.